The topological polar surface area (TPSA) is 57.6 Å². The fourth-order valence-electron chi connectivity index (χ4n) is 2.67. The molecular formula is C16H26N4O2. The van der Waals surface area contributed by atoms with Crippen LogP contribution in [0, 0.1) is 0 Å². The second-order valence-electron chi connectivity index (χ2n) is 5.99. The number of carbonyl (C=O) groups excluding carboxylic acids is 1. The molecule has 0 spiro atoms. The summed E-state index contributed by atoms with van der Waals surface area (Å²) in [5.74, 6) is -0.112. The van der Waals surface area contributed by atoms with Gasteiger partial charge in [0.15, 0.2) is 0 Å². The number of carbonyl (C=O) groups is 1. The number of hydrogen-bond acceptors (Lipinski definition) is 4. The van der Waals surface area contributed by atoms with Gasteiger partial charge in [-0.3, -0.25) is 14.5 Å². The highest BCUT2D eigenvalue weighted by Gasteiger charge is 2.18. The van der Waals surface area contributed by atoms with Gasteiger partial charge in [-0.2, -0.15) is 0 Å². The van der Waals surface area contributed by atoms with Crippen LogP contribution in [0.25, 0.3) is 0 Å². The Morgan fingerprint density at radius 1 is 1.27 bits per heavy atom. The molecule has 6 nitrogen and oxygen atoms in total. The molecule has 1 aromatic heterocycles. The minimum absolute atomic E-state index is 0.0859. The van der Waals surface area contributed by atoms with Gasteiger partial charge in [-0.25, -0.2) is 0 Å². The smallest absolute Gasteiger partial charge is 0.250 e. The summed E-state index contributed by atoms with van der Waals surface area (Å²) in [6.45, 7) is 7.33. The van der Waals surface area contributed by atoms with Crippen LogP contribution in [0.15, 0.2) is 29.2 Å². The van der Waals surface area contributed by atoms with Crippen molar-refractivity contribution in [2.24, 2.45) is 0 Å². The normalized spacial score (nSPS) is 18.1. The van der Waals surface area contributed by atoms with E-state index >= 15 is 0 Å². The number of amides is 1. The maximum Gasteiger partial charge on any atom is 0.250 e. The van der Waals surface area contributed by atoms with Crippen LogP contribution in [0.2, 0.25) is 0 Å². The lowest BCUT2D eigenvalue weighted by atomic mass is 10.1. The zero-order chi connectivity index (χ0) is 15.9. The van der Waals surface area contributed by atoms with Gasteiger partial charge in [0, 0.05) is 51.0 Å². The molecule has 122 valence electrons. The van der Waals surface area contributed by atoms with Crippen molar-refractivity contribution in [1.82, 2.24) is 19.7 Å². The molecule has 6 heteroatoms. The largest absolute Gasteiger partial charge is 0.354 e. The molecule has 0 bridgehead atoms. The zero-order valence-electron chi connectivity index (χ0n) is 13.5. The third-order valence-corrected chi connectivity index (χ3v) is 4.26. The van der Waals surface area contributed by atoms with Crippen LogP contribution in [0.3, 0.4) is 0 Å². The Morgan fingerprint density at radius 3 is 2.68 bits per heavy atom. The molecule has 1 aliphatic rings. The SMILES string of the molecule is C[C@@H](CCNC(=O)Cn1ccccc1=O)N1CCN(C)CC1. The molecule has 0 saturated carbocycles. The highest BCUT2D eigenvalue weighted by Crippen LogP contribution is 2.07. The van der Waals surface area contributed by atoms with E-state index in [1.165, 1.54) is 10.6 Å². The molecule has 1 aliphatic heterocycles. The summed E-state index contributed by atoms with van der Waals surface area (Å²) < 4.78 is 1.42. The lowest BCUT2D eigenvalue weighted by molar-refractivity contribution is -0.121. The molecule has 1 fully saturated rings. The second-order valence-corrected chi connectivity index (χ2v) is 5.99. The van der Waals surface area contributed by atoms with Crippen LogP contribution in [-0.2, 0) is 11.3 Å². The molecular weight excluding hydrogens is 280 g/mol. The van der Waals surface area contributed by atoms with Gasteiger partial charge >= 0.3 is 0 Å². The van der Waals surface area contributed by atoms with Crippen LogP contribution in [-0.4, -0.2) is 66.1 Å². The van der Waals surface area contributed by atoms with Crippen molar-refractivity contribution < 1.29 is 4.79 Å². The molecule has 1 aromatic rings. The standard InChI is InChI=1S/C16H26N4O2/c1-14(19-11-9-18(2)10-12-19)6-7-17-15(21)13-20-8-4-3-5-16(20)22/h3-5,8,14H,6-7,9-13H2,1-2H3,(H,17,21)/t14-/m0/s1. The number of nitrogens with one attached hydrogen (secondary N) is 1. The summed E-state index contributed by atoms with van der Waals surface area (Å²) in [4.78, 5) is 28.2. The fraction of sp³-hybridized carbons (Fsp3) is 0.625. The minimum atomic E-state index is -0.150. The monoisotopic (exact) mass is 306 g/mol. The van der Waals surface area contributed by atoms with E-state index in [1.54, 1.807) is 18.3 Å². The van der Waals surface area contributed by atoms with Crippen LogP contribution in [0.1, 0.15) is 13.3 Å². The first-order valence-corrected chi connectivity index (χ1v) is 7.91. The van der Waals surface area contributed by atoms with Gasteiger partial charge in [0.2, 0.25) is 5.91 Å². The predicted molar refractivity (Wildman–Crippen MR) is 86.9 cm³/mol. The van der Waals surface area contributed by atoms with Crippen molar-refractivity contribution in [3.63, 3.8) is 0 Å². The Labute approximate surface area is 131 Å². The lowest BCUT2D eigenvalue weighted by Crippen LogP contribution is -2.48. The van der Waals surface area contributed by atoms with Crippen molar-refractivity contribution in [3.05, 3.63) is 34.7 Å². The number of nitrogens with zero attached hydrogens (tertiary/aromatic N) is 3. The van der Waals surface area contributed by atoms with Gasteiger partial charge < -0.3 is 14.8 Å². The number of likely N-dealkylation sites (N-methyl/N-ethyl adjacent to an activating group) is 1. The Balaban J connectivity index is 1.68. The van der Waals surface area contributed by atoms with Crippen molar-refractivity contribution in [1.29, 1.82) is 0 Å². The van der Waals surface area contributed by atoms with Crippen molar-refractivity contribution in [2.45, 2.75) is 25.9 Å². The molecule has 1 atom stereocenters. The van der Waals surface area contributed by atoms with Crippen LogP contribution >= 0.6 is 0 Å². The van der Waals surface area contributed by atoms with Crippen molar-refractivity contribution in [3.8, 4) is 0 Å². The number of aromatic nitrogens is 1. The number of hydrogen-bond donors (Lipinski definition) is 1. The number of pyridine rings is 1. The zero-order valence-corrected chi connectivity index (χ0v) is 13.5. The highest BCUT2D eigenvalue weighted by atomic mass is 16.2. The first-order valence-electron chi connectivity index (χ1n) is 7.91. The summed E-state index contributed by atoms with van der Waals surface area (Å²) in [6, 6.07) is 5.36. The van der Waals surface area contributed by atoms with E-state index in [2.05, 4.69) is 29.1 Å². The molecule has 0 aliphatic carbocycles. The molecule has 1 saturated heterocycles. The van der Waals surface area contributed by atoms with Gasteiger partial charge in [-0.1, -0.05) is 6.07 Å². The van der Waals surface area contributed by atoms with Gasteiger partial charge in [0.25, 0.3) is 5.56 Å². The van der Waals surface area contributed by atoms with E-state index in [9.17, 15) is 9.59 Å². The van der Waals surface area contributed by atoms with Gasteiger partial charge in [0.05, 0.1) is 0 Å². The average Bonchev–Trinajstić information content (AvgIpc) is 2.50. The first kappa shape index (κ1) is 16.7. The van der Waals surface area contributed by atoms with Crippen LogP contribution < -0.4 is 10.9 Å². The van der Waals surface area contributed by atoms with Crippen molar-refractivity contribution >= 4 is 5.91 Å². The Hall–Kier alpha value is -1.66. The molecule has 2 heterocycles. The molecule has 1 amide bonds. The minimum Gasteiger partial charge on any atom is -0.354 e. The molecule has 0 radical (unpaired) electrons. The Bertz CT molecular complexity index is 535. The molecule has 2 rings (SSSR count). The van der Waals surface area contributed by atoms with Gasteiger partial charge in [0.1, 0.15) is 6.54 Å². The number of piperazine rings is 1. The van der Waals surface area contributed by atoms with Crippen LogP contribution in [0.5, 0.6) is 0 Å². The Morgan fingerprint density at radius 2 is 2.00 bits per heavy atom. The van der Waals surface area contributed by atoms with Crippen molar-refractivity contribution in [2.75, 3.05) is 39.8 Å². The molecule has 0 unspecified atom stereocenters. The summed E-state index contributed by atoms with van der Waals surface area (Å²) in [5, 5.41) is 2.90. The highest BCUT2D eigenvalue weighted by molar-refractivity contribution is 5.75. The molecule has 0 aromatic carbocycles. The van der Waals surface area contributed by atoms with E-state index in [4.69, 9.17) is 0 Å². The first-order chi connectivity index (χ1) is 10.6. The van der Waals surface area contributed by atoms with Crippen LogP contribution in [0.4, 0.5) is 0 Å². The third kappa shape index (κ3) is 4.96. The maximum atomic E-state index is 11.9. The second kappa shape index (κ2) is 8.10. The summed E-state index contributed by atoms with van der Waals surface area (Å²) >= 11 is 0. The van der Waals surface area contributed by atoms with E-state index in [1.807, 2.05) is 0 Å². The van der Waals surface area contributed by atoms with Gasteiger partial charge in [-0.15, -0.1) is 0 Å². The maximum absolute atomic E-state index is 11.9. The Kier molecular flexibility index (Phi) is 6.15. The quantitative estimate of drug-likeness (QED) is 0.803. The lowest BCUT2D eigenvalue weighted by Gasteiger charge is -2.36. The molecule has 1 N–H and O–H groups in total. The summed E-state index contributed by atoms with van der Waals surface area (Å²) in [7, 11) is 2.15. The summed E-state index contributed by atoms with van der Waals surface area (Å²) in [6.07, 6.45) is 2.56. The average molecular weight is 306 g/mol. The van der Waals surface area contributed by atoms with E-state index in [0.717, 1.165) is 32.6 Å². The van der Waals surface area contributed by atoms with Gasteiger partial charge in [-0.05, 0) is 26.5 Å². The van der Waals surface area contributed by atoms with E-state index in [-0.39, 0.29) is 18.0 Å². The summed E-state index contributed by atoms with van der Waals surface area (Å²) in [5.41, 5.74) is -0.150. The third-order valence-electron chi connectivity index (χ3n) is 4.26. The van der Waals surface area contributed by atoms with E-state index < -0.39 is 0 Å². The predicted octanol–water partition coefficient (Wildman–Crippen LogP) is -0.00950. The van der Waals surface area contributed by atoms with E-state index in [0.29, 0.717) is 12.6 Å². The molecule has 22 heavy (non-hydrogen) atoms. The number of rotatable bonds is 6. The fourth-order valence-corrected chi connectivity index (χ4v) is 2.67.